The number of nitrogens with two attached hydrogens (primary N) is 1. The summed E-state index contributed by atoms with van der Waals surface area (Å²) >= 11 is 1.73. The second-order valence-corrected chi connectivity index (χ2v) is 6.50. The predicted molar refractivity (Wildman–Crippen MR) is 81.8 cm³/mol. The number of aryl methyl sites for hydroxylation is 1. The van der Waals surface area contributed by atoms with E-state index in [-0.39, 0.29) is 0 Å². The van der Waals surface area contributed by atoms with Gasteiger partial charge in [-0.3, -0.25) is 0 Å². The molecule has 1 fully saturated rings. The number of fused-ring (bicyclic) bond motifs is 1. The van der Waals surface area contributed by atoms with Gasteiger partial charge < -0.3 is 10.6 Å². The highest BCUT2D eigenvalue weighted by molar-refractivity contribution is 7.18. The number of hydrogen-bond donors (Lipinski definition) is 1. The Morgan fingerprint density at radius 3 is 3.05 bits per heavy atom. The Morgan fingerprint density at radius 1 is 1.47 bits per heavy atom. The highest BCUT2D eigenvalue weighted by Gasteiger charge is 2.21. The van der Waals surface area contributed by atoms with Crippen LogP contribution in [0.1, 0.15) is 31.6 Å². The minimum absolute atomic E-state index is 0.394. The van der Waals surface area contributed by atoms with Crippen LogP contribution in [0.2, 0.25) is 0 Å². The lowest BCUT2D eigenvalue weighted by Gasteiger charge is -2.32. The molecule has 0 spiro atoms. The van der Waals surface area contributed by atoms with Gasteiger partial charge in [0, 0.05) is 18.0 Å². The Labute approximate surface area is 117 Å². The van der Waals surface area contributed by atoms with Crippen molar-refractivity contribution < 1.29 is 0 Å². The Hall–Kier alpha value is -1.36. The highest BCUT2D eigenvalue weighted by atomic mass is 32.1. The Morgan fingerprint density at radius 2 is 2.32 bits per heavy atom. The quantitative estimate of drug-likeness (QED) is 0.916. The van der Waals surface area contributed by atoms with Gasteiger partial charge in [0.05, 0.1) is 5.39 Å². The van der Waals surface area contributed by atoms with Crippen LogP contribution in [0.4, 0.5) is 11.8 Å². The lowest BCUT2D eigenvalue weighted by atomic mass is 10.0. The van der Waals surface area contributed by atoms with Gasteiger partial charge in [-0.2, -0.15) is 4.98 Å². The molecule has 2 N–H and O–H groups in total. The van der Waals surface area contributed by atoms with Gasteiger partial charge in [-0.1, -0.05) is 13.8 Å². The van der Waals surface area contributed by atoms with Crippen molar-refractivity contribution in [1.82, 2.24) is 9.97 Å². The first kappa shape index (κ1) is 12.7. The normalized spacial score (nSPS) is 20.1. The van der Waals surface area contributed by atoms with Gasteiger partial charge in [0.25, 0.3) is 0 Å². The summed E-state index contributed by atoms with van der Waals surface area (Å²) in [6.45, 7) is 6.62. The summed E-state index contributed by atoms with van der Waals surface area (Å²) in [7, 11) is 0. The van der Waals surface area contributed by atoms with E-state index in [0.29, 0.717) is 5.95 Å². The molecule has 0 amide bonds. The Kier molecular flexibility index (Phi) is 3.31. The number of anilines is 2. The molecule has 1 aliphatic rings. The number of nitrogens with zero attached hydrogens (tertiary/aromatic N) is 3. The van der Waals surface area contributed by atoms with Crippen molar-refractivity contribution in [3.8, 4) is 0 Å². The van der Waals surface area contributed by atoms with E-state index in [2.05, 4.69) is 34.8 Å². The largest absolute Gasteiger partial charge is 0.368 e. The zero-order valence-corrected chi connectivity index (χ0v) is 12.3. The summed E-state index contributed by atoms with van der Waals surface area (Å²) in [4.78, 5) is 13.6. The smallest absolute Gasteiger partial charge is 0.223 e. The van der Waals surface area contributed by atoms with Crippen molar-refractivity contribution in [3.05, 3.63) is 10.9 Å². The maximum atomic E-state index is 5.87. The zero-order valence-electron chi connectivity index (χ0n) is 11.5. The number of aromatic nitrogens is 2. The molecule has 3 rings (SSSR count). The number of rotatable bonds is 2. The third kappa shape index (κ3) is 2.39. The van der Waals surface area contributed by atoms with Crippen molar-refractivity contribution in [2.75, 3.05) is 23.7 Å². The first-order valence-corrected chi connectivity index (χ1v) is 7.80. The first-order chi connectivity index (χ1) is 9.17. The molecule has 1 saturated heterocycles. The van der Waals surface area contributed by atoms with Gasteiger partial charge in [0.1, 0.15) is 10.6 Å². The molecule has 0 saturated carbocycles. The van der Waals surface area contributed by atoms with Crippen molar-refractivity contribution in [2.45, 2.75) is 33.1 Å². The van der Waals surface area contributed by atoms with Crippen LogP contribution >= 0.6 is 11.3 Å². The van der Waals surface area contributed by atoms with E-state index in [1.807, 2.05) is 0 Å². The molecule has 0 bridgehead atoms. The molecule has 5 heteroatoms. The molecule has 1 unspecified atom stereocenters. The van der Waals surface area contributed by atoms with Gasteiger partial charge in [0.15, 0.2) is 0 Å². The van der Waals surface area contributed by atoms with Crippen LogP contribution < -0.4 is 10.6 Å². The van der Waals surface area contributed by atoms with E-state index >= 15 is 0 Å². The molecule has 102 valence electrons. The van der Waals surface area contributed by atoms with Gasteiger partial charge >= 0.3 is 0 Å². The third-order valence-electron chi connectivity index (χ3n) is 3.75. The number of thiophene rings is 1. The number of piperidine rings is 1. The minimum Gasteiger partial charge on any atom is -0.368 e. The van der Waals surface area contributed by atoms with E-state index in [0.717, 1.165) is 36.1 Å². The second-order valence-electron chi connectivity index (χ2n) is 5.38. The monoisotopic (exact) mass is 276 g/mol. The van der Waals surface area contributed by atoms with Crippen molar-refractivity contribution >= 4 is 33.3 Å². The van der Waals surface area contributed by atoms with Gasteiger partial charge in [-0.15, -0.1) is 11.3 Å². The summed E-state index contributed by atoms with van der Waals surface area (Å²) in [5, 5.41) is 1.17. The van der Waals surface area contributed by atoms with Crippen LogP contribution in [-0.4, -0.2) is 23.1 Å². The second kappa shape index (κ2) is 4.96. The van der Waals surface area contributed by atoms with Crippen LogP contribution in [0.3, 0.4) is 0 Å². The number of nitrogen functional groups attached to an aromatic ring is 1. The fraction of sp³-hybridized carbons (Fsp3) is 0.571. The minimum atomic E-state index is 0.394. The van der Waals surface area contributed by atoms with Crippen molar-refractivity contribution in [2.24, 2.45) is 5.92 Å². The molecular weight excluding hydrogens is 256 g/mol. The van der Waals surface area contributed by atoms with E-state index in [1.54, 1.807) is 11.3 Å². The average Bonchev–Trinajstić information content (AvgIpc) is 2.80. The zero-order chi connectivity index (χ0) is 13.4. The average molecular weight is 276 g/mol. The molecule has 1 aliphatic heterocycles. The molecule has 0 aromatic carbocycles. The molecule has 2 aromatic rings. The third-order valence-corrected chi connectivity index (χ3v) is 4.92. The highest BCUT2D eigenvalue weighted by Crippen LogP contribution is 2.33. The summed E-state index contributed by atoms with van der Waals surface area (Å²) in [6.07, 6.45) is 3.58. The van der Waals surface area contributed by atoms with E-state index in [4.69, 9.17) is 5.73 Å². The Balaban J connectivity index is 2.08. The predicted octanol–water partition coefficient (Wildman–Crippen LogP) is 3.07. The fourth-order valence-electron chi connectivity index (χ4n) is 2.77. The SMILES string of the molecule is CCc1cc2c(N3CCCC(C)C3)nc(N)nc2s1. The molecule has 1 atom stereocenters. The fourth-order valence-corrected chi connectivity index (χ4v) is 3.74. The van der Waals surface area contributed by atoms with E-state index < -0.39 is 0 Å². The van der Waals surface area contributed by atoms with Crippen LogP contribution in [0.25, 0.3) is 10.2 Å². The van der Waals surface area contributed by atoms with E-state index in [9.17, 15) is 0 Å². The lowest BCUT2D eigenvalue weighted by Crippen LogP contribution is -2.35. The first-order valence-electron chi connectivity index (χ1n) is 6.98. The molecule has 4 nitrogen and oxygen atoms in total. The van der Waals surface area contributed by atoms with E-state index in [1.165, 1.54) is 23.1 Å². The van der Waals surface area contributed by atoms with Crippen LogP contribution in [0, 0.1) is 5.92 Å². The van der Waals surface area contributed by atoms with Gasteiger partial charge in [-0.05, 0) is 31.2 Å². The lowest BCUT2D eigenvalue weighted by molar-refractivity contribution is 0.445. The topological polar surface area (TPSA) is 55.0 Å². The van der Waals surface area contributed by atoms with Gasteiger partial charge in [0.2, 0.25) is 5.95 Å². The maximum absolute atomic E-state index is 5.87. The summed E-state index contributed by atoms with van der Waals surface area (Å²) in [5.74, 6) is 2.15. The standard InChI is InChI=1S/C14H20N4S/c1-3-10-7-11-12(16-14(15)17-13(11)19-10)18-6-4-5-9(2)8-18/h7,9H,3-6,8H2,1-2H3,(H2,15,16,17). The van der Waals surface area contributed by atoms with Crippen molar-refractivity contribution in [3.63, 3.8) is 0 Å². The molecule has 0 radical (unpaired) electrons. The number of hydrogen-bond acceptors (Lipinski definition) is 5. The molecule has 19 heavy (non-hydrogen) atoms. The van der Waals surface area contributed by atoms with Crippen LogP contribution in [-0.2, 0) is 6.42 Å². The maximum Gasteiger partial charge on any atom is 0.223 e. The Bertz CT molecular complexity index is 592. The van der Waals surface area contributed by atoms with Gasteiger partial charge in [-0.25, -0.2) is 4.98 Å². The molecule has 2 aromatic heterocycles. The molecular formula is C14H20N4S. The summed E-state index contributed by atoms with van der Waals surface area (Å²) in [6, 6.07) is 2.23. The summed E-state index contributed by atoms with van der Waals surface area (Å²) in [5.41, 5.74) is 5.87. The molecule has 3 heterocycles. The summed E-state index contributed by atoms with van der Waals surface area (Å²) < 4.78 is 0. The molecule has 0 aliphatic carbocycles. The van der Waals surface area contributed by atoms with Crippen LogP contribution in [0.15, 0.2) is 6.07 Å². The van der Waals surface area contributed by atoms with Crippen molar-refractivity contribution in [1.29, 1.82) is 0 Å². The van der Waals surface area contributed by atoms with Crippen LogP contribution in [0.5, 0.6) is 0 Å².